The fourth-order valence-electron chi connectivity index (χ4n) is 1.99. The molecule has 0 aliphatic heterocycles. The van der Waals surface area contributed by atoms with Crippen LogP contribution in [-0.2, 0) is 7.05 Å². The lowest BCUT2D eigenvalue weighted by molar-refractivity contribution is 0.467. The van der Waals surface area contributed by atoms with Crippen molar-refractivity contribution in [3.63, 3.8) is 0 Å². The van der Waals surface area contributed by atoms with Gasteiger partial charge >= 0.3 is 0 Å². The second-order valence-electron chi connectivity index (χ2n) is 4.29. The van der Waals surface area contributed by atoms with Crippen LogP contribution in [0.15, 0.2) is 36.9 Å². The molecule has 0 fully saturated rings. The molecule has 0 spiro atoms. The molecule has 2 aromatic heterocycles. The summed E-state index contributed by atoms with van der Waals surface area (Å²) in [5, 5.41) is 3.53. The quantitative estimate of drug-likeness (QED) is 0.875. The largest absolute Gasteiger partial charge is 0.337 e. The number of hydrogen-bond donors (Lipinski definition) is 1. The molecule has 0 aliphatic carbocycles. The van der Waals surface area contributed by atoms with Gasteiger partial charge in [-0.15, -0.1) is 0 Å². The Balaban J connectivity index is 2.05. The van der Waals surface area contributed by atoms with Gasteiger partial charge in [-0.1, -0.05) is 0 Å². The monoisotopic (exact) mass is 230 g/mol. The Morgan fingerprint density at radius 1 is 1.12 bits per heavy atom. The molecule has 2 atom stereocenters. The van der Waals surface area contributed by atoms with Crippen LogP contribution in [0.3, 0.4) is 0 Å². The first kappa shape index (κ1) is 11.8. The summed E-state index contributed by atoms with van der Waals surface area (Å²) in [5.41, 5.74) is 1.24. The summed E-state index contributed by atoms with van der Waals surface area (Å²) in [6.07, 6.45) is 7.42. The van der Waals surface area contributed by atoms with E-state index in [2.05, 4.69) is 29.1 Å². The Kier molecular flexibility index (Phi) is 3.54. The Labute approximate surface area is 102 Å². The summed E-state index contributed by atoms with van der Waals surface area (Å²) < 4.78 is 2.04. The topological polar surface area (TPSA) is 42.7 Å². The van der Waals surface area contributed by atoms with Crippen LogP contribution < -0.4 is 5.32 Å². The molecule has 4 nitrogen and oxygen atoms in total. The molecule has 0 aromatic carbocycles. The van der Waals surface area contributed by atoms with Crippen molar-refractivity contribution in [3.05, 3.63) is 48.3 Å². The Morgan fingerprint density at radius 2 is 1.82 bits per heavy atom. The lowest BCUT2D eigenvalue weighted by Crippen LogP contribution is -2.24. The molecule has 4 heteroatoms. The third-order valence-electron chi connectivity index (χ3n) is 2.95. The lowest BCUT2D eigenvalue weighted by atomic mass is 10.1. The van der Waals surface area contributed by atoms with Gasteiger partial charge in [0.25, 0.3) is 0 Å². The maximum Gasteiger partial charge on any atom is 0.125 e. The number of rotatable bonds is 4. The van der Waals surface area contributed by atoms with Gasteiger partial charge in [0.05, 0.1) is 6.04 Å². The summed E-state index contributed by atoms with van der Waals surface area (Å²) in [6, 6.07) is 4.56. The predicted molar refractivity (Wildman–Crippen MR) is 67.4 cm³/mol. The van der Waals surface area contributed by atoms with E-state index < -0.39 is 0 Å². The van der Waals surface area contributed by atoms with Crippen LogP contribution in [0.2, 0.25) is 0 Å². The van der Waals surface area contributed by atoms with Crippen LogP contribution in [-0.4, -0.2) is 14.5 Å². The third kappa shape index (κ3) is 2.71. The summed E-state index contributed by atoms with van der Waals surface area (Å²) in [7, 11) is 2.01. The molecule has 1 N–H and O–H groups in total. The highest BCUT2D eigenvalue weighted by atomic mass is 15.1. The van der Waals surface area contributed by atoms with Crippen molar-refractivity contribution in [2.24, 2.45) is 7.05 Å². The molecule has 0 saturated carbocycles. The van der Waals surface area contributed by atoms with Gasteiger partial charge in [0.1, 0.15) is 5.82 Å². The van der Waals surface area contributed by atoms with Gasteiger partial charge in [0.2, 0.25) is 0 Å². The van der Waals surface area contributed by atoms with Gasteiger partial charge in [-0.3, -0.25) is 4.98 Å². The zero-order chi connectivity index (χ0) is 12.3. The number of nitrogens with zero attached hydrogens (tertiary/aromatic N) is 3. The van der Waals surface area contributed by atoms with Crippen LogP contribution >= 0.6 is 0 Å². The van der Waals surface area contributed by atoms with Crippen molar-refractivity contribution in [2.45, 2.75) is 25.9 Å². The Hall–Kier alpha value is -1.68. The number of imidazole rings is 1. The molecular formula is C13H18N4. The molecule has 0 aliphatic rings. The van der Waals surface area contributed by atoms with Gasteiger partial charge in [0, 0.05) is 37.9 Å². The van der Waals surface area contributed by atoms with Gasteiger partial charge < -0.3 is 9.88 Å². The van der Waals surface area contributed by atoms with Gasteiger partial charge in [-0.25, -0.2) is 4.98 Å². The third-order valence-corrected chi connectivity index (χ3v) is 2.95. The van der Waals surface area contributed by atoms with E-state index in [9.17, 15) is 0 Å². The molecule has 1 unspecified atom stereocenters. The minimum Gasteiger partial charge on any atom is -0.337 e. The normalized spacial score (nSPS) is 14.5. The smallest absolute Gasteiger partial charge is 0.125 e. The van der Waals surface area contributed by atoms with Crippen molar-refractivity contribution in [1.29, 1.82) is 0 Å². The molecule has 2 rings (SSSR count). The van der Waals surface area contributed by atoms with E-state index in [-0.39, 0.29) is 12.1 Å². The van der Waals surface area contributed by atoms with Crippen molar-refractivity contribution < 1.29 is 0 Å². The molecule has 0 saturated heterocycles. The molecular weight excluding hydrogens is 212 g/mol. The number of hydrogen-bond acceptors (Lipinski definition) is 3. The zero-order valence-electron chi connectivity index (χ0n) is 10.5. The van der Waals surface area contributed by atoms with E-state index in [0.29, 0.717) is 0 Å². The second kappa shape index (κ2) is 5.10. The number of aryl methyl sites for hydroxylation is 1. The molecule has 0 radical (unpaired) electrons. The minimum atomic E-state index is 0.221. The van der Waals surface area contributed by atoms with Crippen LogP contribution in [0, 0.1) is 0 Å². The van der Waals surface area contributed by atoms with Crippen LogP contribution in [0.1, 0.15) is 37.3 Å². The first-order valence-corrected chi connectivity index (χ1v) is 5.81. The number of nitrogens with one attached hydrogen (secondary N) is 1. The van der Waals surface area contributed by atoms with Crippen molar-refractivity contribution >= 4 is 0 Å². The van der Waals surface area contributed by atoms with Gasteiger partial charge in [-0.2, -0.15) is 0 Å². The maximum atomic E-state index is 4.35. The molecule has 2 heterocycles. The lowest BCUT2D eigenvalue weighted by Gasteiger charge is -2.20. The van der Waals surface area contributed by atoms with E-state index >= 15 is 0 Å². The highest BCUT2D eigenvalue weighted by Gasteiger charge is 2.13. The average Bonchev–Trinajstić information content (AvgIpc) is 2.76. The van der Waals surface area contributed by atoms with Crippen molar-refractivity contribution in [3.8, 4) is 0 Å². The van der Waals surface area contributed by atoms with E-state index in [1.807, 2.05) is 48.5 Å². The first-order valence-electron chi connectivity index (χ1n) is 5.81. The van der Waals surface area contributed by atoms with Gasteiger partial charge in [0.15, 0.2) is 0 Å². The Bertz CT molecular complexity index is 463. The zero-order valence-corrected chi connectivity index (χ0v) is 10.5. The highest BCUT2D eigenvalue weighted by Crippen LogP contribution is 2.17. The van der Waals surface area contributed by atoms with E-state index in [0.717, 1.165) is 5.82 Å². The van der Waals surface area contributed by atoms with Crippen LogP contribution in [0.25, 0.3) is 0 Å². The van der Waals surface area contributed by atoms with Crippen molar-refractivity contribution in [2.75, 3.05) is 0 Å². The summed E-state index contributed by atoms with van der Waals surface area (Å²) in [4.78, 5) is 8.38. The first-order chi connectivity index (χ1) is 8.18. The molecule has 0 bridgehead atoms. The Morgan fingerprint density at radius 3 is 2.41 bits per heavy atom. The van der Waals surface area contributed by atoms with Crippen LogP contribution in [0.5, 0.6) is 0 Å². The van der Waals surface area contributed by atoms with E-state index in [1.165, 1.54) is 5.56 Å². The molecule has 2 aromatic rings. The molecule has 17 heavy (non-hydrogen) atoms. The average molecular weight is 230 g/mol. The van der Waals surface area contributed by atoms with Crippen LogP contribution in [0.4, 0.5) is 0 Å². The minimum absolute atomic E-state index is 0.221. The standard InChI is InChI=1S/C13H18N4/c1-10(12-4-6-14-7-5-12)16-11(2)13-15-8-9-17(13)3/h4-11,16H,1-3H3/t10-,11?/m1/s1. The predicted octanol–water partition coefficient (Wildman–Crippen LogP) is 2.23. The van der Waals surface area contributed by atoms with Gasteiger partial charge in [-0.05, 0) is 31.5 Å². The van der Waals surface area contributed by atoms with Crippen molar-refractivity contribution in [1.82, 2.24) is 19.9 Å². The maximum absolute atomic E-state index is 4.35. The molecule has 90 valence electrons. The van der Waals surface area contributed by atoms with E-state index in [1.54, 1.807) is 0 Å². The molecule has 0 amide bonds. The number of pyridine rings is 1. The van der Waals surface area contributed by atoms with E-state index in [4.69, 9.17) is 0 Å². The SMILES string of the molecule is CC(N[C@H](C)c1ccncc1)c1nccn1C. The summed E-state index contributed by atoms with van der Waals surface area (Å²) >= 11 is 0. The number of aromatic nitrogens is 3. The summed E-state index contributed by atoms with van der Waals surface area (Å²) in [6.45, 7) is 4.27. The fourth-order valence-corrected chi connectivity index (χ4v) is 1.99. The highest BCUT2D eigenvalue weighted by molar-refractivity contribution is 5.14. The second-order valence-corrected chi connectivity index (χ2v) is 4.29. The fraction of sp³-hybridized carbons (Fsp3) is 0.385. The summed E-state index contributed by atoms with van der Waals surface area (Å²) in [5.74, 6) is 1.05.